The van der Waals surface area contributed by atoms with E-state index in [-0.39, 0.29) is 5.75 Å². The second kappa shape index (κ2) is 10.6. The number of rotatable bonds is 11. The number of ether oxygens (including phenoxy) is 1. The third-order valence-electron chi connectivity index (χ3n) is 3.36. The Balaban J connectivity index is 2.05. The molecule has 1 atom stereocenters. The van der Waals surface area contributed by atoms with E-state index in [0.29, 0.717) is 12.3 Å². The molecule has 0 aliphatic heterocycles. The topological polar surface area (TPSA) is 81.6 Å². The molecule has 0 amide bonds. The van der Waals surface area contributed by atoms with Gasteiger partial charge in [0.1, 0.15) is 0 Å². The molecule has 0 radical (unpaired) electrons. The Hall–Kier alpha value is -1.11. The van der Waals surface area contributed by atoms with E-state index >= 15 is 0 Å². The predicted molar refractivity (Wildman–Crippen MR) is 83.0 cm³/mol. The van der Waals surface area contributed by atoms with Crippen molar-refractivity contribution in [1.82, 2.24) is 4.72 Å². The summed E-state index contributed by atoms with van der Waals surface area (Å²) in [5, 5.41) is 9.51. The summed E-state index contributed by atoms with van der Waals surface area (Å²) in [5.41, 5.74) is 1.17. The number of phenols is 1. The van der Waals surface area contributed by atoms with Crippen molar-refractivity contribution >= 4 is 11.3 Å². The summed E-state index contributed by atoms with van der Waals surface area (Å²) in [6, 6.07) is 5.47. The van der Waals surface area contributed by atoms with Gasteiger partial charge in [-0.1, -0.05) is 31.7 Å². The van der Waals surface area contributed by atoms with Gasteiger partial charge in [-0.15, -0.1) is 0 Å². The van der Waals surface area contributed by atoms with Crippen molar-refractivity contribution in [2.24, 2.45) is 0 Å². The molecule has 120 valence electrons. The molecule has 0 saturated carbocycles. The first-order valence-electron chi connectivity index (χ1n) is 7.32. The molecule has 5 nitrogen and oxygen atoms in total. The summed E-state index contributed by atoms with van der Waals surface area (Å²) in [4.78, 5) is 0. The van der Waals surface area contributed by atoms with Crippen molar-refractivity contribution in [2.75, 3.05) is 13.7 Å². The molecule has 0 heterocycles. The molecule has 0 aromatic heterocycles. The molecule has 0 fully saturated rings. The Kier molecular flexibility index (Phi) is 9.05. The second-order valence-electron chi connectivity index (χ2n) is 5.01. The molecule has 1 rings (SSSR count). The summed E-state index contributed by atoms with van der Waals surface area (Å²) in [6.45, 7) is 0.531. The highest BCUT2D eigenvalue weighted by Crippen LogP contribution is 2.26. The molecule has 0 spiro atoms. The number of unbranched alkanes of at least 4 members (excludes halogenated alkanes) is 5. The Morgan fingerprint density at radius 3 is 2.52 bits per heavy atom. The first-order valence-corrected chi connectivity index (χ1v) is 8.39. The van der Waals surface area contributed by atoms with Crippen LogP contribution in [0.4, 0.5) is 0 Å². The lowest BCUT2D eigenvalue weighted by atomic mass is 10.0. The van der Waals surface area contributed by atoms with E-state index in [1.807, 2.05) is 12.1 Å². The minimum atomic E-state index is -2.13. The van der Waals surface area contributed by atoms with E-state index in [4.69, 9.17) is 4.74 Å². The van der Waals surface area contributed by atoms with Crippen molar-refractivity contribution in [3.05, 3.63) is 23.8 Å². The number of nitrogens with one attached hydrogen (secondary N) is 1. The quantitative estimate of drug-likeness (QED) is 0.486. The number of aromatic hydroxyl groups is 1. The molecule has 1 aromatic rings. The van der Waals surface area contributed by atoms with Crippen LogP contribution < -0.4 is 9.46 Å². The third kappa shape index (κ3) is 8.04. The molecule has 0 aliphatic carbocycles. The number of aryl methyl sites for hydroxylation is 1. The van der Waals surface area contributed by atoms with Gasteiger partial charge in [0.05, 0.1) is 7.11 Å². The maximum atomic E-state index is 10.2. The van der Waals surface area contributed by atoms with Gasteiger partial charge < -0.3 is 14.4 Å². The zero-order valence-electron chi connectivity index (χ0n) is 12.5. The highest BCUT2D eigenvalue weighted by Gasteiger charge is 2.02. The van der Waals surface area contributed by atoms with Gasteiger partial charge in [-0.25, -0.2) is 4.72 Å². The van der Waals surface area contributed by atoms with Crippen molar-refractivity contribution in [1.29, 1.82) is 0 Å². The molecule has 0 bridgehead atoms. The van der Waals surface area contributed by atoms with Crippen LogP contribution in [0.15, 0.2) is 18.2 Å². The van der Waals surface area contributed by atoms with Crippen LogP contribution in [0.5, 0.6) is 11.5 Å². The predicted octanol–water partition coefficient (Wildman–Crippen LogP) is 2.67. The van der Waals surface area contributed by atoms with Gasteiger partial charge in [0.25, 0.3) is 0 Å². The van der Waals surface area contributed by atoms with E-state index in [0.717, 1.165) is 44.9 Å². The molecular weight excluding hydrogens is 290 g/mol. The minimum Gasteiger partial charge on any atom is -0.760 e. The number of phenolic OH excluding ortho intramolecular Hbond substituents is 1. The first kappa shape index (κ1) is 17.9. The van der Waals surface area contributed by atoms with Gasteiger partial charge in [0.2, 0.25) is 0 Å². The van der Waals surface area contributed by atoms with Crippen LogP contribution >= 0.6 is 0 Å². The summed E-state index contributed by atoms with van der Waals surface area (Å²) in [7, 11) is 1.55. The lowest BCUT2D eigenvalue weighted by molar-refractivity contribution is 0.373. The normalized spacial score (nSPS) is 12.3. The van der Waals surface area contributed by atoms with Crippen molar-refractivity contribution in [2.45, 2.75) is 44.9 Å². The monoisotopic (exact) mass is 314 g/mol. The fraction of sp³-hybridized carbons (Fsp3) is 0.600. The standard InChI is InChI=1S/C15H25NO4S/c1-20-15-12-13(9-10-14(15)17)8-6-4-2-3-5-7-11-16-21(18)19/h9-10,12,16-17H,2-8,11H2,1H3,(H,18,19)/p-1. The van der Waals surface area contributed by atoms with Crippen molar-refractivity contribution in [3.8, 4) is 11.5 Å². The molecule has 6 heteroatoms. The van der Waals surface area contributed by atoms with Crippen molar-refractivity contribution in [3.63, 3.8) is 0 Å². The van der Waals surface area contributed by atoms with E-state index in [1.165, 1.54) is 5.56 Å². The highest BCUT2D eigenvalue weighted by atomic mass is 32.2. The largest absolute Gasteiger partial charge is 0.760 e. The smallest absolute Gasteiger partial charge is 0.160 e. The molecule has 1 unspecified atom stereocenters. The molecule has 0 aliphatic rings. The van der Waals surface area contributed by atoms with Gasteiger partial charge in [0, 0.05) is 17.8 Å². The zero-order valence-corrected chi connectivity index (χ0v) is 13.3. The fourth-order valence-electron chi connectivity index (χ4n) is 2.19. The Morgan fingerprint density at radius 1 is 1.19 bits per heavy atom. The third-order valence-corrected chi connectivity index (χ3v) is 3.80. The average molecular weight is 314 g/mol. The van der Waals surface area contributed by atoms with Crippen LogP contribution in [0.25, 0.3) is 0 Å². The van der Waals surface area contributed by atoms with E-state index in [9.17, 15) is 13.9 Å². The van der Waals surface area contributed by atoms with Crippen LogP contribution in [-0.4, -0.2) is 27.5 Å². The Bertz CT molecular complexity index is 440. The first-order chi connectivity index (χ1) is 10.1. The summed E-state index contributed by atoms with van der Waals surface area (Å²) >= 11 is -2.13. The zero-order chi connectivity index (χ0) is 15.5. The fourth-order valence-corrected chi connectivity index (χ4v) is 2.51. The maximum absolute atomic E-state index is 10.2. The van der Waals surface area contributed by atoms with E-state index in [2.05, 4.69) is 4.72 Å². The SMILES string of the molecule is COc1cc(CCCCCCCCNS(=O)[O-])ccc1O. The van der Waals surface area contributed by atoms with Crippen LogP contribution in [0.3, 0.4) is 0 Å². The molecule has 21 heavy (non-hydrogen) atoms. The van der Waals surface area contributed by atoms with Gasteiger partial charge in [0.15, 0.2) is 11.5 Å². The van der Waals surface area contributed by atoms with Crippen molar-refractivity contribution < 1.29 is 18.6 Å². The summed E-state index contributed by atoms with van der Waals surface area (Å²) in [6.07, 6.45) is 7.48. The Labute approximate surface area is 129 Å². The van der Waals surface area contributed by atoms with Crippen LogP contribution in [0, 0.1) is 0 Å². The molecule has 0 saturated heterocycles. The minimum absolute atomic E-state index is 0.175. The van der Waals surface area contributed by atoms with E-state index < -0.39 is 11.3 Å². The molecule has 1 aromatic carbocycles. The number of methoxy groups -OCH3 is 1. The van der Waals surface area contributed by atoms with Crippen LogP contribution in [0.1, 0.15) is 44.1 Å². The number of benzene rings is 1. The molecule has 2 N–H and O–H groups in total. The lowest BCUT2D eigenvalue weighted by Gasteiger charge is -2.07. The van der Waals surface area contributed by atoms with E-state index in [1.54, 1.807) is 13.2 Å². The highest BCUT2D eigenvalue weighted by molar-refractivity contribution is 7.77. The summed E-state index contributed by atoms with van der Waals surface area (Å²) < 4.78 is 27.9. The second-order valence-corrected chi connectivity index (χ2v) is 5.76. The molecular formula is C15H24NO4S-. The Morgan fingerprint density at radius 2 is 1.86 bits per heavy atom. The summed E-state index contributed by atoms with van der Waals surface area (Å²) in [5.74, 6) is 0.699. The average Bonchev–Trinajstić information content (AvgIpc) is 2.46. The van der Waals surface area contributed by atoms with Gasteiger partial charge in [-0.2, -0.15) is 0 Å². The van der Waals surface area contributed by atoms with Gasteiger partial charge >= 0.3 is 0 Å². The van der Waals surface area contributed by atoms with Gasteiger partial charge in [-0.3, -0.25) is 4.21 Å². The van der Waals surface area contributed by atoms with Crippen LogP contribution in [0.2, 0.25) is 0 Å². The number of hydrogen-bond donors (Lipinski definition) is 2. The van der Waals surface area contributed by atoms with Gasteiger partial charge in [-0.05, 0) is 37.0 Å². The maximum Gasteiger partial charge on any atom is 0.160 e. The lowest BCUT2D eigenvalue weighted by Crippen LogP contribution is -2.17. The van der Waals surface area contributed by atoms with Crippen LogP contribution in [-0.2, 0) is 17.7 Å². The number of hydrogen-bond acceptors (Lipinski definition) is 4.